The number of hydrogen-bond acceptors (Lipinski definition) is 6. The van der Waals surface area contributed by atoms with Gasteiger partial charge in [0.05, 0.1) is 0 Å². The molecule has 0 radical (unpaired) electrons. The van der Waals surface area contributed by atoms with Crippen LogP contribution in [0.4, 0.5) is 5.82 Å². The van der Waals surface area contributed by atoms with Crippen molar-refractivity contribution in [1.82, 2.24) is 25.2 Å². The van der Waals surface area contributed by atoms with Crippen LogP contribution in [0.1, 0.15) is 31.0 Å². The molecular weight excluding hydrogens is 571 g/mol. The minimum absolute atomic E-state index is 0.0309. The Labute approximate surface area is 260 Å². The third-order valence-corrected chi connectivity index (χ3v) is 7.63. The number of aromatic nitrogens is 3. The Balaban J connectivity index is 1.36. The van der Waals surface area contributed by atoms with Crippen LogP contribution in [-0.4, -0.2) is 62.6 Å². The molecule has 5 aromatic rings. The van der Waals surface area contributed by atoms with E-state index in [-0.39, 0.29) is 18.7 Å². The predicted octanol–water partition coefficient (Wildman–Crippen LogP) is 3.75. The second-order valence-corrected chi connectivity index (χ2v) is 11.2. The number of fused-ring (bicyclic) bond motifs is 1. The van der Waals surface area contributed by atoms with E-state index in [9.17, 15) is 24.2 Å². The molecule has 0 aliphatic heterocycles. The summed E-state index contributed by atoms with van der Waals surface area (Å²) in [6, 6.07) is 22.5. The molecule has 0 spiro atoms. The summed E-state index contributed by atoms with van der Waals surface area (Å²) in [6.45, 7) is 3.24. The molecule has 0 fully saturated rings. The van der Waals surface area contributed by atoms with Gasteiger partial charge in [-0.25, -0.2) is 4.79 Å². The maximum atomic E-state index is 13.6. The van der Waals surface area contributed by atoms with Gasteiger partial charge in [-0.15, -0.1) is 0 Å². The minimum atomic E-state index is -1.13. The van der Waals surface area contributed by atoms with Crippen molar-refractivity contribution in [3.05, 3.63) is 109 Å². The average Bonchev–Trinajstić information content (AvgIpc) is 3.67. The fraction of sp³-hybridized carbons (Fsp3) is 0.212. The number of carboxylic acid groups (broad SMARTS) is 1. The van der Waals surface area contributed by atoms with E-state index in [4.69, 9.17) is 0 Å². The molecule has 2 unspecified atom stereocenters. The number of amides is 2. The Hall–Kier alpha value is -5.36. The first-order valence-corrected chi connectivity index (χ1v) is 14.4. The van der Waals surface area contributed by atoms with Crippen LogP contribution in [0.25, 0.3) is 22.0 Å². The fourth-order valence-electron chi connectivity index (χ4n) is 5.13. The summed E-state index contributed by atoms with van der Waals surface area (Å²) >= 11 is 0. The monoisotopic (exact) mass is 604 g/mol. The van der Waals surface area contributed by atoms with E-state index in [1.807, 2.05) is 66.7 Å². The van der Waals surface area contributed by atoms with Gasteiger partial charge in [-0.3, -0.25) is 0 Å². The number of hydrogen-bond donors (Lipinski definition) is 5. The molecule has 11 nitrogen and oxygen atoms in total. The molecule has 0 saturated carbocycles. The number of H-pyrrole nitrogens is 1. The van der Waals surface area contributed by atoms with E-state index in [0.29, 0.717) is 12.7 Å². The van der Waals surface area contributed by atoms with Crippen molar-refractivity contribution in [2.24, 2.45) is 0 Å². The summed E-state index contributed by atoms with van der Waals surface area (Å²) in [4.78, 5) is 46.6. The van der Waals surface area contributed by atoms with Crippen molar-refractivity contribution in [1.29, 1.82) is 0 Å². The van der Waals surface area contributed by atoms with Crippen LogP contribution in [0.2, 0.25) is 0 Å². The third-order valence-electron chi connectivity index (χ3n) is 7.63. The summed E-state index contributed by atoms with van der Waals surface area (Å²) in [6.07, 6.45) is 4.72. The van der Waals surface area contributed by atoms with Crippen molar-refractivity contribution < 1.29 is 24.2 Å². The summed E-state index contributed by atoms with van der Waals surface area (Å²) in [5.41, 5.74) is 3.08. The first-order valence-electron chi connectivity index (χ1n) is 14.4. The Morgan fingerprint density at radius 1 is 0.978 bits per heavy atom. The molecule has 2 heterocycles. The molecule has 0 bridgehead atoms. The number of imidazole rings is 1. The molecule has 2 amide bonds. The number of benzene rings is 3. The molecule has 12 heteroatoms. The van der Waals surface area contributed by atoms with Gasteiger partial charge in [0.25, 0.3) is 0 Å². The number of para-hydroxylation sites is 1. The van der Waals surface area contributed by atoms with Crippen LogP contribution in [0, 0.1) is 0 Å². The van der Waals surface area contributed by atoms with Gasteiger partial charge in [0.1, 0.15) is 0 Å². The van der Waals surface area contributed by atoms with E-state index < -0.39 is 35.4 Å². The number of nitrogens with one attached hydrogen (secondary N) is 4. The number of carbonyl (C=O) groups excluding carboxylic acids is 2. The zero-order valence-corrected chi connectivity index (χ0v) is 24.9. The van der Waals surface area contributed by atoms with Gasteiger partial charge in [0.15, 0.2) is 0 Å². The first-order chi connectivity index (χ1) is 21.7. The fourth-order valence-corrected chi connectivity index (χ4v) is 5.13. The summed E-state index contributed by atoms with van der Waals surface area (Å²) < 4.78 is 12.3. The number of anilines is 1. The molecule has 5 N–H and O–H groups in total. The van der Waals surface area contributed by atoms with Crippen molar-refractivity contribution in [2.45, 2.75) is 37.9 Å². The van der Waals surface area contributed by atoms with Gasteiger partial charge in [-0.1, -0.05) is 54.6 Å². The normalized spacial score (nSPS) is 12.7. The Bertz CT molecular complexity index is 1820. The molecule has 228 valence electrons. The zero-order chi connectivity index (χ0) is 32.0. The second-order valence-electron chi connectivity index (χ2n) is 11.2. The van der Waals surface area contributed by atoms with Crippen LogP contribution < -0.4 is 16.0 Å². The third kappa shape index (κ3) is 7.24. The first kappa shape index (κ1) is 31.1. The quantitative estimate of drug-likeness (QED) is 0.128. The summed E-state index contributed by atoms with van der Waals surface area (Å²) in [5.74, 6) is -1.97. The molecule has 5 rings (SSSR count). The van der Waals surface area contributed by atoms with Crippen LogP contribution in [0.3, 0.4) is 0 Å². The van der Waals surface area contributed by atoms with Crippen molar-refractivity contribution in [2.75, 3.05) is 11.8 Å². The molecule has 0 saturated heterocycles. The number of aliphatic carboxylic acids is 1. The molecule has 2 atom stereocenters. The number of aromatic amines is 1. The van der Waals surface area contributed by atoms with Crippen molar-refractivity contribution in [3.8, 4) is 11.1 Å². The van der Waals surface area contributed by atoms with Crippen molar-refractivity contribution in [3.63, 3.8) is 0 Å². The SMILES string of the molecule is CC(C)(NCB=O)C(=O)NC(Cc1c[nH]c2ccccc12)C(=O)Nc1cn(C(C(=O)O)c2ccc(-c3ccccc3)cc2)cn1. The topological polar surface area (TPSA) is 158 Å². The Kier molecular flexibility index (Phi) is 9.34. The second kappa shape index (κ2) is 13.5. The molecular formula is C33H33BN6O5. The van der Waals surface area contributed by atoms with Gasteiger partial charge in [0, 0.05) is 0 Å². The van der Waals surface area contributed by atoms with Crippen LogP contribution in [0.15, 0.2) is 97.6 Å². The van der Waals surface area contributed by atoms with E-state index in [0.717, 1.165) is 27.6 Å². The maximum absolute atomic E-state index is 13.6. The molecule has 0 aliphatic carbocycles. The summed E-state index contributed by atoms with van der Waals surface area (Å²) in [5, 5.41) is 19.4. The molecule has 2 aromatic heterocycles. The van der Waals surface area contributed by atoms with Gasteiger partial charge in [-0.05, 0) is 16.7 Å². The van der Waals surface area contributed by atoms with Crippen LogP contribution in [-0.2, 0) is 25.5 Å². The van der Waals surface area contributed by atoms with Gasteiger partial charge >= 0.3 is 179 Å². The van der Waals surface area contributed by atoms with E-state index in [2.05, 4.69) is 25.9 Å². The van der Waals surface area contributed by atoms with E-state index >= 15 is 0 Å². The number of carbonyl (C=O) groups is 3. The standard InChI is InChI=1S/C33H33BN6O5/c1-33(2,37-19-34-45)32(44)38-27(16-24-17-35-26-11-7-6-10-25(24)26)30(41)39-28-18-40(20-36-28)29(31(42)43)23-14-12-22(13-15-23)21-8-4-3-5-9-21/h3-15,17-18,20,27,29,35,37H,16,19H2,1-2H3,(H,38,44)(H,39,41)(H,42,43). The molecule has 3 aromatic carbocycles. The average molecular weight is 604 g/mol. The Morgan fingerprint density at radius 2 is 1.67 bits per heavy atom. The van der Waals surface area contributed by atoms with Gasteiger partial charge < -0.3 is 5.11 Å². The van der Waals surface area contributed by atoms with Crippen LogP contribution in [0.5, 0.6) is 0 Å². The van der Waals surface area contributed by atoms with E-state index in [1.54, 1.807) is 32.2 Å². The molecule has 0 aliphatic rings. The van der Waals surface area contributed by atoms with E-state index in [1.165, 1.54) is 17.1 Å². The van der Waals surface area contributed by atoms with Gasteiger partial charge in [-0.2, -0.15) is 0 Å². The summed E-state index contributed by atoms with van der Waals surface area (Å²) in [7, 11) is 0.656. The van der Waals surface area contributed by atoms with Crippen molar-refractivity contribution >= 4 is 41.7 Å². The predicted molar refractivity (Wildman–Crippen MR) is 171 cm³/mol. The Morgan fingerprint density at radius 3 is 2.38 bits per heavy atom. The number of nitrogens with zero attached hydrogens (tertiary/aromatic N) is 2. The van der Waals surface area contributed by atoms with Crippen LogP contribution >= 0.6 is 0 Å². The number of carboxylic acids is 1. The number of rotatable bonds is 13. The zero-order valence-electron chi connectivity index (χ0n) is 24.9. The van der Waals surface area contributed by atoms with Gasteiger partial charge in [0.2, 0.25) is 0 Å². The molecule has 45 heavy (non-hydrogen) atoms.